The zero-order chi connectivity index (χ0) is 24.6. The lowest BCUT2D eigenvalue weighted by atomic mass is 9.98. The Morgan fingerprint density at radius 3 is 2.51 bits per heavy atom. The Labute approximate surface area is 207 Å². The van der Waals surface area contributed by atoms with Gasteiger partial charge in [-0.1, -0.05) is 6.07 Å². The smallest absolute Gasteiger partial charge is 0.213 e. The van der Waals surface area contributed by atoms with Crippen molar-refractivity contribution in [3.05, 3.63) is 53.3 Å². The van der Waals surface area contributed by atoms with Gasteiger partial charge in [0.15, 0.2) is 0 Å². The predicted octanol–water partition coefficient (Wildman–Crippen LogP) is 2.36. The Morgan fingerprint density at radius 1 is 1.09 bits per heavy atom. The molecule has 11 heteroatoms. The summed E-state index contributed by atoms with van der Waals surface area (Å²) in [6, 6.07) is 11.5. The molecule has 0 saturated carbocycles. The fourth-order valence-corrected chi connectivity index (χ4v) is 4.52. The number of hydrogen-bond donors (Lipinski definition) is 2. The number of rotatable bonds is 8. The number of nitriles is 2. The van der Waals surface area contributed by atoms with Crippen LogP contribution in [-0.2, 0) is 10.5 Å². The molecule has 0 spiro atoms. The zero-order valence-corrected chi connectivity index (χ0v) is 19.7. The summed E-state index contributed by atoms with van der Waals surface area (Å²) in [5, 5.41) is 29.0. The molecular formula is C24H23N7O3S. The molecule has 1 aliphatic rings. The van der Waals surface area contributed by atoms with Crippen LogP contribution < -0.4 is 15.4 Å². The van der Waals surface area contributed by atoms with Crippen molar-refractivity contribution in [1.82, 2.24) is 15.0 Å². The summed E-state index contributed by atoms with van der Waals surface area (Å²) in [7, 11) is 0. The van der Waals surface area contributed by atoms with Crippen LogP contribution in [0.25, 0.3) is 11.1 Å². The highest BCUT2D eigenvalue weighted by Gasteiger charge is 2.21. The number of aliphatic hydroxyl groups is 1. The largest absolute Gasteiger partial charge is 0.475 e. The van der Waals surface area contributed by atoms with E-state index in [0.717, 1.165) is 24.5 Å². The van der Waals surface area contributed by atoms with E-state index in [-0.39, 0.29) is 30.2 Å². The number of hydrogen-bond acceptors (Lipinski definition) is 11. The van der Waals surface area contributed by atoms with Gasteiger partial charge >= 0.3 is 0 Å². The molecule has 178 valence electrons. The van der Waals surface area contributed by atoms with E-state index in [2.05, 4.69) is 32.0 Å². The molecule has 1 saturated heterocycles. The SMILES string of the molecule is N#Cc1c(N)nc(SCc2ccc(N3CCOCC3)nc2)c(C#N)c1-c1ccc(OCCO)nc1. The quantitative estimate of drug-likeness (QED) is 0.448. The van der Waals surface area contributed by atoms with Crippen LogP contribution in [0.3, 0.4) is 0 Å². The number of nitrogens with two attached hydrogens (primary N) is 1. The molecule has 3 aromatic heterocycles. The molecule has 0 aromatic carbocycles. The number of aliphatic hydroxyl groups excluding tert-OH is 1. The second-order valence-corrected chi connectivity index (χ2v) is 8.48. The average Bonchev–Trinajstić information content (AvgIpc) is 2.91. The van der Waals surface area contributed by atoms with Gasteiger partial charge in [-0.15, -0.1) is 11.8 Å². The lowest BCUT2D eigenvalue weighted by Crippen LogP contribution is -2.36. The molecule has 3 aromatic rings. The number of morpholine rings is 1. The van der Waals surface area contributed by atoms with Gasteiger partial charge in [0.2, 0.25) is 5.88 Å². The second-order valence-electron chi connectivity index (χ2n) is 7.52. The fraction of sp³-hybridized carbons (Fsp3) is 0.292. The van der Waals surface area contributed by atoms with E-state index < -0.39 is 0 Å². The van der Waals surface area contributed by atoms with Crippen molar-refractivity contribution in [3.63, 3.8) is 0 Å². The fourth-order valence-electron chi connectivity index (χ4n) is 3.59. The van der Waals surface area contributed by atoms with Crippen molar-refractivity contribution in [3.8, 4) is 29.1 Å². The summed E-state index contributed by atoms with van der Waals surface area (Å²) in [5.74, 6) is 1.80. The van der Waals surface area contributed by atoms with Gasteiger partial charge in [-0.25, -0.2) is 15.0 Å². The number of anilines is 2. The van der Waals surface area contributed by atoms with Gasteiger partial charge in [0.25, 0.3) is 0 Å². The zero-order valence-electron chi connectivity index (χ0n) is 18.8. The molecule has 1 aliphatic heterocycles. The van der Waals surface area contributed by atoms with Crippen molar-refractivity contribution in [2.45, 2.75) is 10.8 Å². The Morgan fingerprint density at radius 2 is 1.89 bits per heavy atom. The maximum absolute atomic E-state index is 9.97. The Bertz CT molecular complexity index is 1250. The van der Waals surface area contributed by atoms with E-state index in [1.54, 1.807) is 12.1 Å². The number of aromatic nitrogens is 3. The van der Waals surface area contributed by atoms with Crippen LogP contribution >= 0.6 is 11.8 Å². The van der Waals surface area contributed by atoms with E-state index in [0.29, 0.717) is 41.0 Å². The number of thioether (sulfide) groups is 1. The second kappa shape index (κ2) is 11.5. The van der Waals surface area contributed by atoms with Crippen LogP contribution in [-0.4, -0.2) is 59.6 Å². The Hall–Kier alpha value is -3.90. The lowest BCUT2D eigenvalue weighted by molar-refractivity contribution is 0.122. The third kappa shape index (κ3) is 5.61. The molecular weight excluding hydrogens is 466 g/mol. The normalized spacial score (nSPS) is 13.2. The van der Waals surface area contributed by atoms with Crippen molar-refractivity contribution in [2.75, 3.05) is 50.2 Å². The molecule has 4 heterocycles. The van der Waals surface area contributed by atoms with Crippen molar-refractivity contribution in [2.24, 2.45) is 0 Å². The molecule has 0 radical (unpaired) electrons. The van der Waals surface area contributed by atoms with E-state index in [1.165, 1.54) is 18.0 Å². The molecule has 35 heavy (non-hydrogen) atoms. The molecule has 1 fully saturated rings. The Kier molecular flexibility index (Phi) is 7.95. The average molecular weight is 490 g/mol. The maximum Gasteiger partial charge on any atom is 0.213 e. The number of nitrogens with zero attached hydrogens (tertiary/aromatic N) is 6. The minimum atomic E-state index is -0.131. The first kappa shape index (κ1) is 24.2. The van der Waals surface area contributed by atoms with Crippen molar-refractivity contribution in [1.29, 1.82) is 10.5 Å². The van der Waals surface area contributed by atoms with E-state index in [9.17, 15) is 10.5 Å². The first-order valence-corrected chi connectivity index (χ1v) is 11.9. The van der Waals surface area contributed by atoms with Gasteiger partial charge in [0.1, 0.15) is 41.0 Å². The third-order valence-electron chi connectivity index (χ3n) is 5.30. The maximum atomic E-state index is 9.97. The molecule has 0 aliphatic carbocycles. The summed E-state index contributed by atoms with van der Waals surface area (Å²) in [6.45, 7) is 3.00. The summed E-state index contributed by atoms with van der Waals surface area (Å²) in [6.07, 6.45) is 3.32. The van der Waals surface area contributed by atoms with Gasteiger partial charge in [-0.2, -0.15) is 10.5 Å². The Balaban J connectivity index is 1.58. The van der Waals surface area contributed by atoms with Crippen molar-refractivity contribution < 1.29 is 14.6 Å². The lowest BCUT2D eigenvalue weighted by Gasteiger charge is -2.27. The van der Waals surface area contributed by atoms with E-state index >= 15 is 0 Å². The first-order valence-electron chi connectivity index (χ1n) is 10.9. The topological polar surface area (TPSA) is 154 Å². The highest BCUT2D eigenvalue weighted by Crippen LogP contribution is 2.36. The summed E-state index contributed by atoms with van der Waals surface area (Å²) in [5.41, 5.74) is 8.37. The minimum absolute atomic E-state index is 0.0467. The van der Waals surface area contributed by atoms with Gasteiger partial charge < -0.3 is 25.2 Å². The monoisotopic (exact) mass is 489 g/mol. The number of pyridine rings is 3. The summed E-state index contributed by atoms with van der Waals surface area (Å²) < 4.78 is 10.7. The molecule has 3 N–H and O–H groups in total. The van der Waals surface area contributed by atoms with Crippen LogP contribution in [0.5, 0.6) is 5.88 Å². The molecule has 4 rings (SSSR count). The number of ether oxygens (including phenoxy) is 2. The van der Waals surface area contributed by atoms with Gasteiger partial charge in [-0.05, 0) is 17.7 Å². The molecule has 0 atom stereocenters. The number of nitrogen functional groups attached to an aromatic ring is 1. The van der Waals surface area contributed by atoms with E-state index in [1.807, 2.05) is 18.3 Å². The predicted molar refractivity (Wildman–Crippen MR) is 131 cm³/mol. The van der Waals surface area contributed by atoms with Crippen LogP contribution in [0.1, 0.15) is 16.7 Å². The van der Waals surface area contributed by atoms with E-state index in [4.69, 9.17) is 20.3 Å². The van der Waals surface area contributed by atoms with Crippen LogP contribution in [0.4, 0.5) is 11.6 Å². The van der Waals surface area contributed by atoms with Crippen LogP contribution in [0.2, 0.25) is 0 Å². The highest BCUT2D eigenvalue weighted by molar-refractivity contribution is 7.98. The molecule has 0 amide bonds. The molecule has 0 bridgehead atoms. The summed E-state index contributed by atoms with van der Waals surface area (Å²) in [4.78, 5) is 15.3. The van der Waals surface area contributed by atoms with Crippen LogP contribution in [0, 0.1) is 22.7 Å². The van der Waals surface area contributed by atoms with Gasteiger partial charge in [-0.3, -0.25) is 0 Å². The minimum Gasteiger partial charge on any atom is -0.475 e. The third-order valence-corrected chi connectivity index (χ3v) is 6.35. The first-order chi connectivity index (χ1) is 17.1. The van der Waals surface area contributed by atoms with Gasteiger partial charge in [0, 0.05) is 48.4 Å². The van der Waals surface area contributed by atoms with Crippen LogP contribution in [0.15, 0.2) is 41.7 Å². The standard InChI is InChI=1S/C24H23N7O3S/c25-11-18-22(17-2-4-21(29-14-17)34-10-7-32)19(12-26)24(30-23(18)27)35-15-16-1-3-20(28-13-16)31-5-8-33-9-6-31/h1-4,13-14,32H,5-10,15H2,(H2,27,30). The molecule has 0 unspecified atom stereocenters. The van der Waals surface area contributed by atoms with Crippen molar-refractivity contribution >= 4 is 23.4 Å². The highest BCUT2D eigenvalue weighted by atomic mass is 32.2. The molecule has 10 nitrogen and oxygen atoms in total. The summed E-state index contributed by atoms with van der Waals surface area (Å²) >= 11 is 1.35. The van der Waals surface area contributed by atoms with Gasteiger partial charge in [0.05, 0.1) is 25.4 Å².